The van der Waals surface area contributed by atoms with Crippen LogP contribution in [0.3, 0.4) is 0 Å². The first-order valence-corrected chi connectivity index (χ1v) is 4.49. The Morgan fingerprint density at radius 3 is 3.38 bits per heavy atom. The average Bonchev–Trinajstić information content (AvgIpc) is 2.44. The molecule has 2 aromatic rings. The van der Waals surface area contributed by atoms with E-state index in [-0.39, 0.29) is 0 Å². The Hall–Kier alpha value is -1.58. The summed E-state index contributed by atoms with van der Waals surface area (Å²) in [5.74, 6) is 0.965. The second-order valence-corrected chi connectivity index (χ2v) is 3.25. The highest BCUT2D eigenvalue weighted by Gasteiger charge is 2.11. The molecule has 0 bridgehead atoms. The van der Waals surface area contributed by atoms with Crippen LogP contribution in [0.15, 0.2) is 18.6 Å². The van der Waals surface area contributed by atoms with Crippen molar-refractivity contribution in [2.45, 2.75) is 13.0 Å². The molecule has 0 amide bonds. The molecular weight excluding hydrogens is 164 g/mol. The van der Waals surface area contributed by atoms with Crippen LogP contribution in [0.5, 0.6) is 0 Å². The molecule has 0 saturated carbocycles. The maximum Gasteiger partial charge on any atom is 0.154 e. The van der Waals surface area contributed by atoms with Crippen molar-refractivity contribution in [2.75, 3.05) is 11.9 Å². The Bertz CT molecular complexity index is 446. The van der Waals surface area contributed by atoms with Crippen LogP contribution in [0.4, 0.5) is 5.82 Å². The van der Waals surface area contributed by atoms with Gasteiger partial charge in [-0.05, 0) is 12.5 Å². The molecule has 0 aliphatic carbocycles. The van der Waals surface area contributed by atoms with Gasteiger partial charge in [-0.2, -0.15) is 0 Å². The minimum atomic E-state index is 0.965. The van der Waals surface area contributed by atoms with Gasteiger partial charge in [-0.25, -0.2) is 9.97 Å². The van der Waals surface area contributed by atoms with Crippen LogP contribution in [-0.2, 0) is 6.54 Å². The van der Waals surface area contributed by atoms with Gasteiger partial charge >= 0.3 is 0 Å². The number of anilines is 1. The molecule has 13 heavy (non-hydrogen) atoms. The number of nitrogens with one attached hydrogen (secondary N) is 1. The minimum Gasteiger partial charge on any atom is -0.368 e. The highest BCUT2D eigenvalue weighted by Crippen LogP contribution is 2.22. The van der Waals surface area contributed by atoms with E-state index in [0.717, 1.165) is 36.4 Å². The molecule has 1 N–H and O–H groups in total. The van der Waals surface area contributed by atoms with E-state index in [4.69, 9.17) is 0 Å². The Balaban J connectivity index is 2.40. The molecule has 0 saturated heterocycles. The van der Waals surface area contributed by atoms with Gasteiger partial charge in [0.2, 0.25) is 0 Å². The van der Waals surface area contributed by atoms with Gasteiger partial charge in [-0.1, -0.05) is 0 Å². The van der Waals surface area contributed by atoms with Crippen LogP contribution < -0.4 is 5.32 Å². The second kappa shape index (κ2) is 2.45. The molecule has 0 radical (unpaired) electrons. The Morgan fingerprint density at radius 1 is 1.38 bits per heavy atom. The van der Waals surface area contributed by atoms with Crippen molar-refractivity contribution in [1.29, 1.82) is 0 Å². The van der Waals surface area contributed by atoms with Crippen LogP contribution in [0, 0.1) is 0 Å². The molecule has 4 nitrogen and oxygen atoms in total. The van der Waals surface area contributed by atoms with Gasteiger partial charge in [-0.3, -0.25) is 0 Å². The molecule has 1 aliphatic heterocycles. The summed E-state index contributed by atoms with van der Waals surface area (Å²) in [6.07, 6.45) is 4.83. The van der Waals surface area contributed by atoms with Gasteiger partial charge in [0.05, 0.1) is 5.52 Å². The maximum absolute atomic E-state index is 4.23. The summed E-state index contributed by atoms with van der Waals surface area (Å²) in [5, 5.41) is 3.30. The van der Waals surface area contributed by atoms with E-state index in [9.17, 15) is 0 Å². The number of nitrogens with zero attached hydrogens (tertiary/aromatic N) is 3. The summed E-state index contributed by atoms with van der Waals surface area (Å²) in [5.41, 5.74) is 2.17. The molecule has 0 atom stereocenters. The smallest absolute Gasteiger partial charge is 0.154 e. The van der Waals surface area contributed by atoms with E-state index in [1.54, 1.807) is 6.33 Å². The summed E-state index contributed by atoms with van der Waals surface area (Å²) in [4.78, 5) is 8.44. The summed E-state index contributed by atoms with van der Waals surface area (Å²) in [6.45, 7) is 2.05. The lowest BCUT2D eigenvalue weighted by molar-refractivity contribution is 0.694. The lowest BCUT2D eigenvalue weighted by atomic mass is 10.4. The molecule has 1 aliphatic rings. The van der Waals surface area contributed by atoms with Crippen molar-refractivity contribution in [3.05, 3.63) is 18.6 Å². The molecule has 4 heteroatoms. The molecule has 66 valence electrons. The van der Waals surface area contributed by atoms with Crippen molar-refractivity contribution in [2.24, 2.45) is 0 Å². The molecule has 3 heterocycles. The lowest BCUT2D eigenvalue weighted by Crippen LogP contribution is -2.01. The van der Waals surface area contributed by atoms with Gasteiger partial charge in [0.25, 0.3) is 0 Å². The molecular formula is C9H10N4. The molecule has 0 fully saturated rings. The van der Waals surface area contributed by atoms with E-state index >= 15 is 0 Å². The van der Waals surface area contributed by atoms with Gasteiger partial charge in [0.1, 0.15) is 11.8 Å². The summed E-state index contributed by atoms with van der Waals surface area (Å²) in [7, 11) is 0. The van der Waals surface area contributed by atoms with Crippen molar-refractivity contribution >= 4 is 16.9 Å². The quantitative estimate of drug-likeness (QED) is 0.653. The van der Waals surface area contributed by atoms with E-state index in [2.05, 4.69) is 26.0 Å². The Labute approximate surface area is 75.6 Å². The fraction of sp³-hybridized carbons (Fsp3) is 0.333. The van der Waals surface area contributed by atoms with Crippen LogP contribution in [0.2, 0.25) is 0 Å². The van der Waals surface area contributed by atoms with Crippen molar-refractivity contribution < 1.29 is 0 Å². The van der Waals surface area contributed by atoms with E-state index in [0.29, 0.717) is 0 Å². The predicted octanol–water partition coefficient (Wildman–Crippen LogP) is 1.25. The van der Waals surface area contributed by atoms with E-state index < -0.39 is 0 Å². The number of aryl methyl sites for hydroxylation is 1. The first kappa shape index (κ1) is 6.88. The zero-order valence-electron chi connectivity index (χ0n) is 7.20. The highest BCUT2D eigenvalue weighted by molar-refractivity contribution is 5.86. The summed E-state index contributed by atoms with van der Waals surface area (Å²) < 4.78 is 2.21. The Morgan fingerprint density at radius 2 is 2.38 bits per heavy atom. The SMILES string of the molecule is c1nc2c3c(ccn3CCCN2)n1. The standard InChI is InChI=1S/C9H10N4/c1-3-10-9-8-7(11-6-12-9)2-5-13(8)4-1/h2,5-6H,1,3-4H2,(H,10,11,12). The Kier molecular flexibility index (Phi) is 1.30. The topological polar surface area (TPSA) is 42.7 Å². The second-order valence-electron chi connectivity index (χ2n) is 3.25. The van der Waals surface area contributed by atoms with Crippen molar-refractivity contribution in [3.8, 4) is 0 Å². The summed E-state index contributed by atoms with van der Waals surface area (Å²) >= 11 is 0. The van der Waals surface area contributed by atoms with Gasteiger partial charge in [0.15, 0.2) is 5.82 Å². The molecule has 0 unspecified atom stereocenters. The largest absolute Gasteiger partial charge is 0.368 e. The van der Waals surface area contributed by atoms with Crippen molar-refractivity contribution in [3.63, 3.8) is 0 Å². The normalized spacial score (nSPS) is 15.4. The number of aromatic nitrogens is 3. The third kappa shape index (κ3) is 0.915. The fourth-order valence-electron chi connectivity index (χ4n) is 1.80. The zero-order chi connectivity index (χ0) is 8.67. The monoisotopic (exact) mass is 174 g/mol. The number of hydrogen-bond acceptors (Lipinski definition) is 3. The predicted molar refractivity (Wildman–Crippen MR) is 50.6 cm³/mol. The summed E-state index contributed by atoms with van der Waals surface area (Å²) in [6, 6.07) is 2.04. The first-order chi connectivity index (χ1) is 6.45. The lowest BCUT2D eigenvalue weighted by Gasteiger charge is -2.01. The number of hydrogen-bond donors (Lipinski definition) is 1. The van der Waals surface area contributed by atoms with Crippen LogP contribution >= 0.6 is 0 Å². The molecule has 0 spiro atoms. The van der Waals surface area contributed by atoms with Crippen molar-refractivity contribution in [1.82, 2.24) is 14.5 Å². The van der Waals surface area contributed by atoms with Crippen LogP contribution in [-0.4, -0.2) is 21.1 Å². The van der Waals surface area contributed by atoms with Gasteiger partial charge in [0, 0.05) is 19.3 Å². The molecule has 2 aromatic heterocycles. The first-order valence-electron chi connectivity index (χ1n) is 4.49. The fourth-order valence-corrected chi connectivity index (χ4v) is 1.80. The number of rotatable bonds is 0. The zero-order valence-corrected chi connectivity index (χ0v) is 7.20. The van der Waals surface area contributed by atoms with Crippen LogP contribution in [0.1, 0.15) is 6.42 Å². The van der Waals surface area contributed by atoms with Crippen LogP contribution in [0.25, 0.3) is 11.0 Å². The minimum absolute atomic E-state index is 0.965. The maximum atomic E-state index is 4.23. The third-order valence-corrected chi connectivity index (χ3v) is 2.42. The molecule has 0 aromatic carbocycles. The van der Waals surface area contributed by atoms with E-state index in [1.165, 1.54) is 0 Å². The van der Waals surface area contributed by atoms with Gasteiger partial charge in [-0.15, -0.1) is 0 Å². The molecule has 3 rings (SSSR count). The average molecular weight is 174 g/mol. The third-order valence-electron chi connectivity index (χ3n) is 2.42. The van der Waals surface area contributed by atoms with Gasteiger partial charge < -0.3 is 9.88 Å². The highest BCUT2D eigenvalue weighted by atomic mass is 15.1. The van der Waals surface area contributed by atoms with E-state index in [1.807, 2.05) is 6.07 Å².